The highest BCUT2D eigenvalue weighted by Gasteiger charge is 2.43. The van der Waals surface area contributed by atoms with E-state index in [1.165, 1.54) is 5.56 Å². The lowest BCUT2D eigenvalue weighted by Gasteiger charge is -2.18. The van der Waals surface area contributed by atoms with Gasteiger partial charge >= 0.3 is 0 Å². The molecule has 2 aliphatic heterocycles. The van der Waals surface area contributed by atoms with Crippen LogP contribution >= 0.6 is 0 Å². The van der Waals surface area contributed by atoms with Gasteiger partial charge in [0.2, 0.25) is 5.91 Å². The molecule has 2 aliphatic rings. The average molecular weight is 358 g/mol. The standard InChI is InChI=1S/C22H22N4O/c1-15-5-2-3-6-16(15)9-21(27)25-12-18-13-26-20(17-7-4-8-23-10-17)11-24-22(26)19(18)14-25/h2-8,10-11,18-19H,9,12-14H2,1H3/t18-,19-/m0/s1. The molecule has 5 nitrogen and oxygen atoms in total. The molecule has 2 atom stereocenters. The molecule has 0 radical (unpaired) electrons. The molecule has 0 saturated carbocycles. The number of pyridine rings is 1. The molecule has 4 heterocycles. The van der Waals surface area contributed by atoms with Crippen LogP contribution in [-0.2, 0) is 17.8 Å². The van der Waals surface area contributed by atoms with Gasteiger partial charge in [-0.3, -0.25) is 9.78 Å². The number of carbonyl (C=O) groups is 1. The Labute approximate surface area is 158 Å². The van der Waals surface area contributed by atoms with Crippen molar-refractivity contribution in [2.45, 2.75) is 25.8 Å². The summed E-state index contributed by atoms with van der Waals surface area (Å²) in [5.41, 5.74) is 4.54. The third-order valence-electron chi connectivity index (χ3n) is 5.99. The number of likely N-dealkylation sites (tertiary alicyclic amines) is 1. The van der Waals surface area contributed by atoms with Gasteiger partial charge in [0.25, 0.3) is 0 Å². The van der Waals surface area contributed by atoms with Crippen LogP contribution in [0.1, 0.15) is 22.9 Å². The highest BCUT2D eigenvalue weighted by atomic mass is 16.2. The first-order chi connectivity index (χ1) is 13.2. The van der Waals surface area contributed by atoms with Gasteiger partial charge in [-0.05, 0) is 30.2 Å². The van der Waals surface area contributed by atoms with Crippen LogP contribution in [0.2, 0.25) is 0 Å². The van der Waals surface area contributed by atoms with Gasteiger partial charge in [-0.25, -0.2) is 4.98 Å². The van der Waals surface area contributed by atoms with Crippen LogP contribution in [0.3, 0.4) is 0 Å². The van der Waals surface area contributed by atoms with Crippen LogP contribution in [0.25, 0.3) is 11.3 Å². The summed E-state index contributed by atoms with van der Waals surface area (Å²) in [7, 11) is 0. The molecule has 0 aliphatic carbocycles. The number of carbonyl (C=O) groups excluding carboxylic acids is 1. The lowest BCUT2D eigenvalue weighted by atomic mass is 9.99. The lowest BCUT2D eigenvalue weighted by Crippen LogP contribution is -2.31. The number of nitrogens with zero attached hydrogens (tertiary/aromatic N) is 4. The number of aromatic nitrogens is 3. The molecule has 1 aromatic carbocycles. The van der Waals surface area contributed by atoms with Crippen molar-refractivity contribution in [2.75, 3.05) is 13.1 Å². The van der Waals surface area contributed by atoms with Crippen molar-refractivity contribution < 1.29 is 4.79 Å². The van der Waals surface area contributed by atoms with E-state index in [0.717, 1.165) is 42.3 Å². The minimum Gasteiger partial charge on any atom is -0.341 e. The maximum absolute atomic E-state index is 12.8. The Kier molecular flexibility index (Phi) is 3.81. The van der Waals surface area contributed by atoms with E-state index in [9.17, 15) is 4.79 Å². The largest absolute Gasteiger partial charge is 0.341 e. The van der Waals surface area contributed by atoms with Gasteiger partial charge in [0.15, 0.2) is 0 Å². The number of imidazole rings is 1. The van der Waals surface area contributed by atoms with Crippen LogP contribution in [0, 0.1) is 12.8 Å². The number of hydrogen-bond donors (Lipinski definition) is 0. The van der Waals surface area contributed by atoms with Crippen molar-refractivity contribution in [3.63, 3.8) is 0 Å². The Morgan fingerprint density at radius 3 is 2.81 bits per heavy atom. The molecule has 2 aromatic heterocycles. The predicted molar refractivity (Wildman–Crippen MR) is 103 cm³/mol. The minimum atomic E-state index is 0.226. The molecule has 27 heavy (non-hydrogen) atoms. The Morgan fingerprint density at radius 2 is 2.00 bits per heavy atom. The van der Waals surface area contributed by atoms with Crippen molar-refractivity contribution in [1.29, 1.82) is 0 Å². The molecule has 136 valence electrons. The van der Waals surface area contributed by atoms with Crippen LogP contribution in [0.5, 0.6) is 0 Å². The minimum absolute atomic E-state index is 0.226. The summed E-state index contributed by atoms with van der Waals surface area (Å²) in [6.45, 7) is 4.60. The number of aryl methyl sites for hydroxylation is 1. The molecule has 3 aromatic rings. The lowest BCUT2D eigenvalue weighted by molar-refractivity contribution is -0.129. The van der Waals surface area contributed by atoms with E-state index >= 15 is 0 Å². The highest BCUT2D eigenvalue weighted by molar-refractivity contribution is 5.79. The monoisotopic (exact) mass is 358 g/mol. The maximum atomic E-state index is 12.8. The van der Waals surface area contributed by atoms with E-state index in [1.54, 1.807) is 6.20 Å². The molecule has 0 N–H and O–H groups in total. The van der Waals surface area contributed by atoms with Gasteiger partial charge in [-0.1, -0.05) is 24.3 Å². The third kappa shape index (κ3) is 2.74. The first-order valence-corrected chi connectivity index (χ1v) is 9.49. The van der Waals surface area contributed by atoms with Gasteiger partial charge in [-0.15, -0.1) is 0 Å². The molecule has 1 saturated heterocycles. The van der Waals surface area contributed by atoms with Gasteiger partial charge < -0.3 is 9.47 Å². The summed E-state index contributed by atoms with van der Waals surface area (Å²) in [4.78, 5) is 23.8. The molecule has 1 amide bonds. The van der Waals surface area contributed by atoms with E-state index in [2.05, 4.69) is 34.7 Å². The quantitative estimate of drug-likeness (QED) is 0.723. The topological polar surface area (TPSA) is 51.0 Å². The summed E-state index contributed by atoms with van der Waals surface area (Å²) >= 11 is 0. The number of rotatable bonds is 3. The normalized spacial score (nSPS) is 20.6. The van der Waals surface area contributed by atoms with Gasteiger partial charge in [0, 0.05) is 49.4 Å². The second kappa shape index (κ2) is 6.34. The molecule has 5 rings (SSSR count). The summed E-state index contributed by atoms with van der Waals surface area (Å²) in [6, 6.07) is 12.2. The number of amides is 1. The highest BCUT2D eigenvalue weighted by Crippen LogP contribution is 2.41. The van der Waals surface area contributed by atoms with Crippen molar-refractivity contribution >= 4 is 5.91 Å². The average Bonchev–Trinajstić information content (AvgIpc) is 3.35. The van der Waals surface area contributed by atoms with Crippen molar-refractivity contribution in [2.24, 2.45) is 5.92 Å². The van der Waals surface area contributed by atoms with E-state index in [0.29, 0.717) is 18.3 Å². The van der Waals surface area contributed by atoms with E-state index in [1.807, 2.05) is 35.5 Å². The fourth-order valence-corrected chi connectivity index (χ4v) is 4.49. The van der Waals surface area contributed by atoms with Crippen molar-refractivity contribution in [3.05, 3.63) is 71.9 Å². The maximum Gasteiger partial charge on any atom is 0.227 e. The summed E-state index contributed by atoms with van der Waals surface area (Å²) in [5.74, 6) is 2.15. The zero-order valence-electron chi connectivity index (χ0n) is 15.4. The molecule has 1 fully saturated rings. The Bertz CT molecular complexity index is 995. The van der Waals surface area contributed by atoms with Crippen molar-refractivity contribution in [3.8, 4) is 11.3 Å². The summed E-state index contributed by atoms with van der Waals surface area (Å²) in [6.07, 6.45) is 6.11. The van der Waals surface area contributed by atoms with Crippen LogP contribution in [0.4, 0.5) is 0 Å². The van der Waals surface area contributed by atoms with Crippen LogP contribution < -0.4 is 0 Å². The molecular weight excluding hydrogens is 336 g/mol. The second-order valence-electron chi connectivity index (χ2n) is 7.62. The number of benzene rings is 1. The summed E-state index contributed by atoms with van der Waals surface area (Å²) < 4.78 is 2.31. The fourth-order valence-electron chi connectivity index (χ4n) is 4.49. The van der Waals surface area contributed by atoms with Crippen molar-refractivity contribution in [1.82, 2.24) is 19.4 Å². The molecule has 0 bridgehead atoms. The smallest absolute Gasteiger partial charge is 0.227 e. The first-order valence-electron chi connectivity index (χ1n) is 9.49. The predicted octanol–water partition coefficient (Wildman–Crippen LogP) is 3.05. The zero-order valence-corrected chi connectivity index (χ0v) is 15.4. The fraction of sp³-hybridized carbons (Fsp3) is 0.318. The SMILES string of the molecule is Cc1ccccc1CC(=O)N1C[C@H]2Cn3c(-c4cccnc4)cnc3[C@H]2C1. The Hall–Kier alpha value is -2.95. The van der Waals surface area contributed by atoms with Gasteiger partial charge in [0.1, 0.15) is 5.82 Å². The Balaban J connectivity index is 1.33. The third-order valence-corrected chi connectivity index (χ3v) is 5.99. The van der Waals surface area contributed by atoms with Gasteiger partial charge in [0.05, 0.1) is 18.3 Å². The molecule has 0 unspecified atom stereocenters. The molecule has 0 spiro atoms. The number of fused-ring (bicyclic) bond motifs is 3. The molecule has 5 heteroatoms. The summed E-state index contributed by atoms with van der Waals surface area (Å²) in [5, 5.41) is 0. The second-order valence-corrected chi connectivity index (χ2v) is 7.62. The first kappa shape index (κ1) is 16.2. The van der Waals surface area contributed by atoms with Crippen LogP contribution in [0.15, 0.2) is 55.0 Å². The number of hydrogen-bond acceptors (Lipinski definition) is 3. The van der Waals surface area contributed by atoms with E-state index in [4.69, 9.17) is 4.98 Å². The zero-order chi connectivity index (χ0) is 18.4. The molecular formula is C22H22N4O. The van der Waals surface area contributed by atoms with Gasteiger partial charge in [-0.2, -0.15) is 0 Å². The van der Waals surface area contributed by atoms with E-state index < -0.39 is 0 Å². The van der Waals surface area contributed by atoms with Crippen LogP contribution in [-0.4, -0.2) is 38.4 Å². The Morgan fingerprint density at radius 1 is 1.11 bits per heavy atom. The van der Waals surface area contributed by atoms with E-state index in [-0.39, 0.29) is 5.91 Å².